The maximum atomic E-state index is 11.2. The summed E-state index contributed by atoms with van der Waals surface area (Å²) < 4.78 is 1.73. The lowest BCUT2D eigenvalue weighted by Gasteiger charge is -2.06. The first-order chi connectivity index (χ1) is 9.13. The second kappa shape index (κ2) is 5.69. The molecule has 0 aliphatic carbocycles. The molecule has 100 valence electrons. The number of aryl methyl sites for hydroxylation is 1. The highest BCUT2D eigenvalue weighted by molar-refractivity contribution is 5.91. The summed E-state index contributed by atoms with van der Waals surface area (Å²) in [7, 11) is 0. The van der Waals surface area contributed by atoms with Crippen LogP contribution in [0.15, 0.2) is 30.3 Å². The van der Waals surface area contributed by atoms with Crippen molar-refractivity contribution in [2.75, 3.05) is 5.73 Å². The molecule has 4 heteroatoms. The van der Waals surface area contributed by atoms with E-state index in [0.717, 1.165) is 24.8 Å². The number of nitrogens with two attached hydrogens (primary N) is 1. The topological polar surface area (TPSA) is 60.9 Å². The van der Waals surface area contributed by atoms with Gasteiger partial charge < -0.3 is 5.73 Å². The second-order valence-electron chi connectivity index (χ2n) is 5.04. The average molecular weight is 257 g/mol. The molecular weight excluding hydrogens is 238 g/mol. The summed E-state index contributed by atoms with van der Waals surface area (Å²) in [5, 5.41) is 4.48. The molecule has 0 radical (unpaired) electrons. The van der Waals surface area contributed by atoms with Crippen molar-refractivity contribution >= 4 is 12.1 Å². The van der Waals surface area contributed by atoms with Gasteiger partial charge in [0.1, 0.15) is 11.5 Å². The molecule has 0 aliphatic heterocycles. The summed E-state index contributed by atoms with van der Waals surface area (Å²) in [6.07, 6.45) is 1.77. The van der Waals surface area contributed by atoms with Crippen LogP contribution in [-0.2, 0) is 6.54 Å². The third kappa shape index (κ3) is 2.84. The van der Waals surface area contributed by atoms with Crippen molar-refractivity contribution in [3.8, 4) is 11.3 Å². The predicted octanol–water partition coefficient (Wildman–Crippen LogP) is 2.99. The van der Waals surface area contributed by atoms with Crippen LogP contribution in [0.5, 0.6) is 0 Å². The molecule has 1 aromatic heterocycles. The highest BCUT2D eigenvalue weighted by Gasteiger charge is 2.16. The summed E-state index contributed by atoms with van der Waals surface area (Å²) in [6.45, 7) is 5.04. The molecule has 0 amide bonds. The lowest BCUT2D eigenvalue weighted by molar-refractivity contribution is 0.112. The fraction of sp³-hybridized carbons (Fsp3) is 0.333. The van der Waals surface area contributed by atoms with Crippen LogP contribution < -0.4 is 5.73 Å². The maximum Gasteiger partial charge on any atom is 0.156 e. The molecule has 2 N–H and O–H groups in total. The Morgan fingerprint density at radius 1 is 1.32 bits per heavy atom. The molecule has 0 spiro atoms. The first-order valence-electron chi connectivity index (χ1n) is 6.50. The van der Waals surface area contributed by atoms with E-state index in [1.54, 1.807) is 4.68 Å². The van der Waals surface area contributed by atoms with Crippen LogP contribution in [0.4, 0.5) is 5.82 Å². The normalized spacial score (nSPS) is 10.9. The third-order valence-corrected chi connectivity index (χ3v) is 3.11. The molecule has 0 atom stereocenters. The molecule has 0 bridgehead atoms. The van der Waals surface area contributed by atoms with Gasteiger partial charge in [-0.2, -0.15) is 5.10 Å². The van der Waals surface area contributed by atoms with Gasteiger partial charge in [-0.05, 0) is 12.3 Å². The van der Waals surface area contributed by atoms with Crippen LogP contribution >= 0.6 is 0 Å². The van der Waals surface area contributed by atoms with Gasteiger partial charge in [-0.15, -0.1) is 0 Å². The Morgan fingerprint density at radius 3 is 2.58 bits per heavy atom. The molecule has 0 aliphatic rings. The Kier molecular flexibility index (Phi) is 4.00. The number of rotatable bonds is 5. The molecule has 0 saturated heterocycles. The van der Waals surface area contributed by atoms with Gasteiger partial charge in [-0.3, -0.25) is 4.79 Å². The van der Waals surface area contributed by atoms with Gasteiger partial charge in [0.25, 0.3) is 0 Å². The van der Waals surface area contributed by atoms with Crippen molar-refractivity contribution in [2.45, 2.75) is 26.8 Å². The lowest BCUT2D eigenvalue weighted by Crippen LogP contribution is -2.07. The van der Waals surface area contributed by atoms with Gasteiger partial charge in [-0.1, -0.05) is 44.2 Å². The van der Waals surface area contributed by atoms with Gasteiger partial charge in [0, 0.05) is 12.1 Å². The Bertz CT molecular complexity index is 558. The number of aldehydes is 1. The Hall–Kier alpha value is -2.10. The van der Waals surface area contributed by atoms with E-state index in [-0.39, 0.29) is 0 Å². The van der Waals surface area contributed by atoms with Gasteiger partial charge in [0.2, 0.25) is 0 Å². The van der Waals surface area contributed by atoms with Crippen LogP contribution in [0.3, 0.4) is 0 Å². The number of nitrogen functional groups attached to an aromatic ring is 1. The molecule has 4 nitrogen and oxygen atoms in total. The highest BCUT2D eigenvalue weighted by Crippen LogP contribution is 2.26. The van der Waals surface area contributed by atoms with Crippen LogP contribution in [0.1, 0.15) is 30.6 Å². The lowest BCUT2D eigenvalue weighted by atomic mass is 10.1. The quantitative estimate of drug-likeness (QED) is 0.838. The van der Waals surface area contributed by atoms with E-state index in [9.17, 15) is 4.79 Å². The minimum atomic E-state index is 0.453. The molecule has 2 rings (SSSR count). The maximum absolute atomic E-state index is 11.2. The van der Waals surface area contributed by atoms with Crippen LogP contribution in [0.2, 0.25) is 0 Å². The average Bonchev–Trinajstić information content (AvgIpc) is 2.74. The van der Waals surface area contributed by atoms with Gasteiger partial charge in [0.15, 0.2) is 6.29 Å². The molecular formula is C15H19N3O. The van der Waals surface area contributed by atoms with Crippen molar-refractivity contribution in [2.24, 2.45) is 5.92 Å². The van der Waals surface area contributed by atoms with Crippen LogP contribution in [0.25, 0.3) is 11.3 Å². The van der Waals surface area contributed by atoms with Crippen molar-refractivity contribution in [1.29, 1.82) is 0 Å². The monoisotopic (exact) mass is 257 g/mol. The first kappa shape index (κ1) is 13.3. The van der Waals surface area contributed by atoms with Gasteiger partial charge in [-0.25, -0.2) is 4.68 Å². The third-order valence-electron chi connectivity index (χ3n) is 3.11. The fourth-order valence-corrected chi connectivity index (χ4v) is 1.97. The SMILES string of the molecule is CC(C)CCn1nc(-c2ccccc2)c(C=O)c1N. The fourth-order valence-electron chi connectivity index (χ4n) is 1.97. The van der Waals surface area contributed by atoms with Crippen molar-refractivity contribution in [1.82, 2.24) is 9.78 Å². The summed E-state index contributed by atoms with van der Waals surface area (Å²) in [5.74, 6) is 1.03. The van der Waals surface area contributed by atoms with Crippen LogP contribution in [0, 0.1) is 5.92 Å². The Labute approximate surface area is 113 Å². The van der Waals surface area contributed by atoms with Crippen molar-refractivity contribution in [3.63, 3.8) is 0 Å². The largest absolute Gasteiger partial charge is 0.383 e. The highest BCUT2D eigenvalue weighted by atomic mass is 16.1. The molecule has 19 heavy (non-hydrogen) atoms. The zero-order valence-electron chi connectivity index (χ0n) is 11.3. The van der Waals surface area contributed by atoms with Crippen molar-refractivity contribution < 1.29 is 4.79 Å². The number of hydrogen-bond donors (Lipinski definition) is 1. The van der Waals surface area contributed by atoms with Gasteiger partial charge >= 0.3 is 0 Å². The summed E-state index contributed by atoms with van der Waals surface area (Å²) >= 11 is 0. The number of benzene rings is 1. The van der Waals surface area contributed by atoms with E-state index in [0.29, 0.717) is 23.0 Å². The predicted molar refractivity (Wildman–Crippen MR) is 76.9 cm³/mol. The number of nitrogens with zero attached hydrogens (tertiary/aromatic N) is 2. The molecule has 0 fully saturated rings. The molecule has 0 unspecified atom stereocenters. The summed E-state index contributed by atoms with van der Waals surface area (Å²) in [5.41, 5.74) is 8.07. The molecule has 1 aromatic carbocycles. The number of aromatic nitrogens is 2. The number of carbonyl (C=O) groups is 1. The zero-order valence-corrected chi connectivity index (χ0v) is 11.3. The Morgan fingerprint density at radius 2 is 2.00 bits per heavy atom. The Balaban J connectivity index is 2.39. The number of carbonyl (C=O) groups excluding carboxylic acids is 1. The van der Waals surface area contributed by atoms with E-state index >= 15 is 0 Å². The number of hydrogen-bond acceptors (Lipinski definition) is 3. The van der Waals surface area contributed by atoms with E-state index in [1.807, 2.05) is 30.3 Å². The minimum absolute atomic E-state index is 0.453. The van der Waals surface area contributed by atoms with Gasteiger partial charge in [0.05, 0.1) is 5.56 Å². The zero-order chi connectivity index (χ0) is 13.8. The van der Waals surface area contributed by atoms with E-state index in [1.165, 1.54) is 0 Å². The summed E-state index contributed by atoms with van der Waals surface area (Å²) in [6, 6.07) is 9.65. The first-order valence-corrected chi connectivity index (χ1v) is 6.50. The molecule has 2 aromatic rings. The van der Waals surface area contributed by atoms with E-state index in [4.69, 9.17) is 5.73 Å². The smallest absolute Gasteiger partial charge is 0.156 e. The second-order valence-corrected chi connectivity index (χ2v) is 5.04. The van der Waals surface area contributed by atoms with Crippen molar-refractivity contribution in [3.05, 3.63) is 35.9 Å². The van der Waals surface area contributed by atoms with Crippen LogP contribution in [-0.4, -0.2) is 16.1 Å². The minimum Gasteiger partial charge on any atom is -0.383 e. The standard InChI is InChI=1S/C15H19N3O/c1-11(2)8-9-18-15(16)13(10-19)14(17-18)12-6-4-3-5-7-12/h3-7,10-11H,8-9,16H2,1-2H3. The van der Waals surface area contributed by atoms with E-state index in [2.05, 4.69) is 18.9 Å². The van der Waals surface area contributed by atoms with E-state index < -0.39 is 0 Å². The number of anilines is 1. The molecule has 0 saturated carbocycles. The summed E-state index contributed by atoms with van der Waals surface area (Å²) in [4.78, 5) is 11.2. The molecule has 1 heterocycles.